The van der Waals surface area contributed by atoms with Gasteiger partial charge in [-0.05, 0) is 56.0 Å². The van der Waals surface area contributed by atoms with Gasteiger partial charge in [-0.1, -0.05) is 6.07 Å². The molecule has 0 unspecified atom stereocenters. The highest BCUT2D eigenvalue weighted by molar-refractivity contribution is 5.49. The minimum Gasteiger partial charge on any atom is -0.496 e. The number of methoxy groups -OCH3 is 1. The number of hydrogen-bond donors (Lipinski definition) is 2. The van der Waals surface area contributed by atoms with E-state index in [1.165, 1.54) is 22.3 Å². The number of rotatable bonds is 6. The maximum absolute atomic E-state index is 8.71. The van der Waals surface area contributed by atoms with Crippen molar-refractivity contribution in [3.63, 3.8) is 0 Å². The van der Waals surface area contributed by atoms with Crippen molar-refractivity contribution in [3.8, 4) is 5.75 Å². The molecule has 0 aromatic heterocycles. The van der Waals surface area contributed by atoms with Crippen molar-refractivity contribution >= 4 is 0 Å². The zero-order valence-electron chi connectivity index (χ0n) is 11.3. The van der Waals surface area contributed by atoms with Crippen LogP contribution in [0.3, 0.4) is 0 Å². The van der Waals surface area contributed by atoms with Crippen LogP contribution in [0.1, 0.15) is 22.3 Å². The number of ether oxygens (including phenoxy) is 1. The van der Waals surface area contributed by atoms with Crippen LogP contribution in [0.5, 0.6) is 5.75 Å². The molecule has 0 radical (unpaired) electrons. The molecule has 0 saturated heterocycles. The summed E-state index contributed by atoms with van der Waals surface area (Å²) >= 11 is 0. The first-order chi connectivity index (χ1) is 8.11. The zero-order chi connectivity index (χ0) is 12.8. The van der Waals surface area contributed by atoms with E-state index in [9.17, 15) is 0 Å². The van der Waals surface area contributed by atoms with E-state index in [0.717, 1.165) is 18.7 Å². The van der Waals surface area contributed by atoms with Crippen LogP contribution in [-0.2, 0) is 6.42 Å². The first kappa shape index (κ1) is 14.0. The lowest BCUT2D eigenvalue weighted by molar-refractivity contribution is 0.292. The third-order valence-corrected chi connectivity index (χ3v) is 3.16. The zero-order valence-corrected chi connectivity index (χ0v) is 11.3. The summed E-state index contributed by atoms with van der Waals surface area (Å²) in [6.07, 6.45) is 0.927. The lowest BCUT2D eigenvalue weighted by Crippen LogP contribution is -2.21. The first-order valence-corrected chi connectivity index (χ1v) is 6.07. The Balaban J connectivity index is 2.86. The van der Waals surface area contributed by atoms with Gasteiger partial charge in [0.1, 0.15) is 5.75 Å². The molecule has 1 aromatic rings. The molecule has 0 aliphatic rings. The quantitative estimate of drug-likeness (QED) is 0.741. The van der Waals surface area contributed by atoms with Crippen LogP contribution in [0.15, 0.2) is 6.07 Å². The van der Waals surface area contributed by atoms with Gasteiger partial charge >= 0.3 is 0 Å². The van der Waals surface area contributed by atoms with E-state index in [-0.39, 0.29) is 6.61 Å². The Bertz CT molecular complexity index is 375. The molecule has 17 heavy (non-hydrogen) atoms. The molecule has 0 bridgehead atoms. The van der Waals surface area contributed by atoms with E-state index in [1.807, 2.05) is 0 Å². The van der Waals surface area contributed by atoms with E-state index in [1.54, 1.807) is 7.11 Å². The lowest BCUT2D eigenvalue weighted by atomic mass is 9.97. The van der Waals surface area contributed by atoms with Gasteiger partial charge in [-0.3, -0.25) is 0 Å². The van der Waals surface area contributed by atoms with Crippen molar-refractivity contribution in [2.24, 2.45) is 0 Å². The standard InChI is InChI=1S/C14H23NO2/c1-10-9-11(2)13(5-6-15-7-8-16)14(17-4)12(10)3/h9,15-16H,5-8H2,1-4H3. The van der Waals surface area contributed by atoms with Crippen LogP contribution < -0.4 is 10.1 Å². The van der Waals surface area contributed by atoms with Gasteiger partial charge < -0.3 is 15.2 Å². The van der Waals surface area contributed by atoms with Gasteiger partial charge in [-0.2, -0.15) is 0 Å². The Morgan fingerprint density at radius 2 is 1.88 bits per heavy atom. The molecule has 0 spiro atoms. The molecular weight excluding hydrogens is 214 g/mol. The summed E-state index contributed by atoms with van der Waals surface area (Å²) < 4.78 is 5.52. The number of aryl methyl sites for hydroxylation is 2. The average molecular weight is 237 g/mol. The second-order valence-electron chi connectivity index (χ2n) is 4.37. The average Bonchev–Trinajstić information content (AvgIpc) is 2.31. The summed E-state index contributed by atoms with van der Waals surface area (Å²) in [5.41, 5.74) is 5.03. The maximum atomic E-state index is 8.71. The maximum Gasteiger partial charge on any atom is 0.125 e. The van der Waals surface area contributed by atoms with Gasteiger partial charge in [0.25, 0.3) is 0 Å². The molecule has 0 heterocycles. The third-order valence-electron chi connectivity index (χ3n) is 3.16. The highest BCUT2D eigenvalue weighted by Crippen LogP contribution is 2.29. The number of aliphatic hydroxyl groups excluding tert-OH is 1. The predicted octanol–water partition coefficient (Wildman–Crippen LogP) is 1.74. The van der Waals surface area contributed by atoms with Crippen molar-refractivity contribution in [1.82, 2.24) is 5.32 Å². The molecule has 3 heteroatoms. The largest absolute Gasteiger partial charge is 0.496 e. The summed E-state index contributed by atoms with van der Waals surface area (Å²) in [5, 5.41) is 11.9. The fraction of sp³-hybridized carbons (Fsp3) is 0.571. The molecule has 1 rings (SSSR count). The van der Waals surface area contributed by atoms with Crippen LogP contribution in [0.2, 0.25) is 0 Å². The number of benzene rings is 1. The van der Waals surface area contributed by atoms with Crippen LogP contribution >= 0.6 is 0 Å². The number of hydrogen-bond acceptors (Lipinski definition) is 3. The van der Waals surface area contributed by atoms with Crippen molar-refractivity contribution in [2.75, 3.05) is 26.8 Å². The second kappa shape index (κ2) is 6.62. The Morgan fingerprint density at radius 1 is 1.18 bits per heavy atom. The predicted molar refractivity (Wildman–Crippen MR) is 70.9 cm³/mol. The topological polar surface area (TPSA) is 41.5 Å². The van der Waals surface area contributed by atoms with E-state index in [4.69, 9.17) is 9.84 Å². The fourth-order valence-electron chi connectivity index (χ4n) is 2.11. The van der Waals surface area contributed by atoms with Gasteiger partial charge in [0.15, 0.2) is 0 Å². The summed E-state index contributed by atoms with van der Waals surface area (Å²) in [5.74, 6) is 1.01. The van der Waals surface area contributed by atoms with Crippen molar-refractivity contribution in [2.45, 2.75) is 27.2 Å². The number of nitrogens with one attached hydrogen (secondary N) is 1. The molecule has 0 aliphatic heterocycles. The van der Waals surface area contributed by atoms with Crippen LogP contribution in [0.4, 0.5) is 0 Å². The molecule has 3 nitrogen and oxygen atoms in total. The second-order valence-corrected chi connectivity index (χ2v) is 4.37. The molecule has 1 aromatic carbocycles. The SMILES string of the molecule is COc1c(C)c(C)cc(C)c1CCNCCO. The minimum atomic E-state index is 0.184. The van der Waals surface area contributed by atoms with Gasteiger partial charge in [-0.15, -0.1) is 0 Å². The van der Waals surface area contributed by atoms with E-state index in [2.05, 4.69) is 32.2 Å². The van der Waals surface area contributed by atoms with Gasteiger partial charge in [0.05, 0.1) is 13.7 Å². The lowest BCUT2D eigenvalue weighted by Gasteiger charge is -2.16. The van der Waals surface area contributed by atoms with Crippen LogP contribution in [-0.4, -0.2) is 31.9 Å². The van der Waals surface area contributed by atoms with E-state index in [0.29, 0.717) is 6.54 Å². The summed E-state index contributed by atoms with van der Waals surface area (Å²) in [7, 11) is 1.73. The Kier molecular flexibility index (Phi) is 5.45. The van der Waals surface area contributed by atoms with E-state index >= 15 is 0 Å². The highest BCUT2D eigenvalue weighted by Gasteiger charge is 2.11. The summed E-state index contributed by atoms with van der Waals surface area (Å²) in [6.45, 7) is 8.02. The van der Waals surface area contributed by atoms with Crippen molar-refractivity contribution in [3.05, 3.63) is 28.3 Å². The third kappa shape index (κ3) is 3.45. The molecule has 96 valence electrons. The van der Waals surface area contributed by atoms with E-state index < -0.39 is 0 Å². The molecule has 2 N–H and O–H groups in total. The summed E-state index contributed by atoms with van der Waals surface area (Å²) in [4.78, 5) is 0. The van der Waals surface area contributed by atoms with Crippen LogP contribution in [0, 0.1) is 20.8 Å². The molecule has 0 aliphatic carbocycles. The Labute approximate surface area is 104 Å². The van der Waals surface area contributed by atoms with Gasteiger partial charge in [-0.25, -0.2) is 0 Å². The fourth-order valence-corrected chi connectivity index (χ4v) is 2.11. The molecular formula is C14H23NO2. The highest BCUT2D eigenvalue weighted by atomic mass is 16.5. The first-order valence-electron chi connectivity index (χ1n) is 6.07. The van der Waals surface area contributed by atoms with Gasteiger partial charge in [0.2, 0.25) is 0 Å². The van der Waals surface area contributed by atoms with Gasteiger partial charge in [0, 0.05) is 6.54 Å². The molecule has 0 saturated carbocycles. The monoisotopic (exact) mass is 237 g/mol. The Hall–Kier alpha value is -1.06. The Morgan fingerprint density at radius 3 is 2.47 bits per heavy atom. The normalized spacial score (nSPS) is 10.6. The summed E-state index contributed by atoms with van der Waals surface area (Å²) in [6, 6.07) is 2.21. The number of aliphatic hydroxyl groups is 1. The van der Waals surface area contributed by atoms with Crippen molar-refractivity contribution in [1.29, 1.82) is 0 Å². The molecule has 0 fully saturated rings. The van der Waals surface area contributed by atoms with Crippen LogP contribution in [0.25, 0.3) is 0 Å². The molecule has 0 amide bonds. The van der Waals surface area contributed by atoms with Crippen molar-refractivity contribution < 1.29 is 9.84 Å². The molecule has 0 atom stereocenters. The minimum absolute atomic E-state index is 0.184. The smallest absolute Gasteiger partial charge is 0.125 e.